The molecule has 9 heteroatoms. The molecule has 42 heavy (non-hydrogen) atoms. The molecular formula is C33H42ClN3O4S. The summed E-state index contributed by atoms with van der Waals surface area (Å²) in [6.07, 6.45) is 2.08. The van der Waals surface area contributed by atoms with Crippen molar-refractivity contribution in [2.75, 3.05) is 17.4 Å². The molecule has 0 spiro atoms. The number of nitrogens with zero attached hydrogens (tertiary/aromatic N) is 2. The molecule has 7 nitrogen and oxygen atoms in total. The molecule has 0 aliphatic heterocycles. The Morgan fingerprint density at radius 3 is 2.14 bits per heavy atom. The monoisotopic (exact) mass is 611 g/mol. The first-order valence-corrected chi connectivity index (χ1v) is 16.3. The zero-order valence-corrected chi connectivity index (χ0v) is 26.7. The number of rotatable bonds is 14. The Kier molecular flexibility index (Phi) is 12.0. The molecule has 0 unspecified atom stereocenters. The van der Waals surface area contributed by atoms with Crippen molar-refractivity contribution in [3.8, 4) is 0 Å². The van der Waals surface area contributed by atoms with Gasteiger partial charge >= 0.3 is 0 Å². The van der Waals surface area contributed by atoms with Crippen molar-refractivity contribution in [3.05, 3.63) is 94.5 Å². The fraction of sp³-hybridized carbons (Fsp3) is 0.394. The molecule has 0 radical (unpaired) electrons. The lowest BCUT2D eigenvalue weighted by Crippen LogP contribution is -2.52. The van der Waals surface area contributed by atoms with Gasteiger partial charge in [0, 0.05) is 18.1 Å². The van der Waals surface area contributed by atoms with Gasteiger partial charge in [0.25, 0.3) is 10.0 Å². The summed E-state index contributed by atoms with van der Waals surface area (Å²) >= 11 is 6.47. The van der Waals surface area contributed by atoms with Gasteiger partial charge in [-0.3, -0.25) is 13.9 Å². The summed E-state index contributed by atoms with van der Waals surface area (Å²) in [5, 5.41) is 3.40. The molecule has 0 heterocycles. The maximum Gasteiger partial charge on any atom is 0.264 e. The van der Waals surface area contributed by atoms with Crippen LogP contribution in [0.15, 0.2) is 77.7 Å². The molecule has 0 fully saturated rings. The zero-order chi connectivity index (χ0) is 30.9. The van der Waals surface area contributed by atoms with Crippen LogP contribution in [0.4, 0.5) is 5.69 Å². The van der Waals surface area contributed by atoms with Crippen LogP contribution in [0.3, 0.4) is 0 Å². The van der Waals surface area contributed by atoms with Crippen molar-refractivity contribution in [2.24, 2.45) is 0 Å². The maximum atomic E-state index is 14.2. The number of benzene rings is 3. The molecule has 226 valence electrons. The lowest BCUT2D eigenvalue weighted by molar-refractivity contribution is -0.140. The minimum atomic E-state index is -4.12. The van der Waals surface area contributed by atoms with E-state index in [9.17, 15) is 18.0 Å². The van der Waals surface area contributed by atoms with Crippen LogP contribution in [-0.4, -0.2) is 44.3 Å². The second-order valence-corrected chi connectivity index (χ2v) is 13.0. The lowest BCUT2D eigenvalue weighted by Gasteiger charge is -2.33. The number of amides is 2. The van der Waals surface area contributed by atoms with Crippen molar-refractivity contribution in [3.63, 3.8) is 0 Å². The van der Waals surface area contributed by atoms with Crippen LogP contribution in [0, 0.1) is 6.92 Å². The van der Waals surface area contributed by atoms with E-state index in [1.807, 2.05) is 39.0 Å². The van der Waals surface area contributed by atoms with E-state index in [1.54, 1.807) is 54.6 Å². The summed E-state index contributed by atoms with van der Waals surface area (Å²) in [6.45, 7) is 9.94. The normalized spacial score (nSPS) is 12.2. The zero-order valence-electron chi connectivity index (χ0n) is 25.1. The van der Waals surface area contributed by atoms with Crippen molar-refractivity contribution >= 4 is 39.1 Å². The average Bonchev–Trinajstić information content (AvgIpc) is 2.97. The maximum absolute atomic E-state index is 14.2. The molecule has 0 bridgehead atoms. The second-order valence-electron chi connectivity index (χ2n) is 10.8. The van der Waals surface area contributed by atoms with Crippen LogP contribution in [0.25, 0.3) is 0 Å². The highest BCUT2D eigenvalue weighted by molar-refractivity contribution is 7.92. The van der Waals surface area contributed by atoms with Crippen LogP contribution < -0.4 is 9.62 Å². The number of sulfonamides is 1. The van der Waals surface area contributed by atoms with Gasteiger partial charge in [-0.25, -0.2) is 8.42 Å². The summed E-state index contributed by atoms with van der Waals surface area (Å²) in [5.74, 6) is -0.526. The summed E-state index contributed by atoms with van der Waals surface area (Å²) in [5.41, 5.74) is 3.00. The van der Waals surface area contributed by atoms with E-state index in [0.717, 1.165) is 28.3 Å². The Labute approximate surface area is 255 Å². The van der Waals surface area contributed by atoms with Crippen molar-refractivity contribution in [1.82, 2.24) is 10.2 Å². The van der Waals surface area contributed by atoms with Crippen LogP contribution in [0.2, 0.25) is 5.02 Å². The molecule has 2 amide bonds. The van der Waals surface area contributed by atoms with E-state index < -0.39 is 28.5 Å². The third-order valence-electron chi connectivity index (χ3n) is 7.25. The SMILES string of the molecule is CCCCNC(=O)[C@@H](CC)N(Cc1ccccc1Cl)C(=O)CN(c1ccc(C(C)C)cc1)S(=O)(=O)c1ccc(C)cc1. The molecule has 0 saturated heterocycles. The van der Waals surface area contributed by atoms with Gasteiger partial charge in [0.05, 0.1) is 10.6 Å². The van der Waals surface area contributed by atoms with E-state index in [0.29, 0.717) is 29.2 Å². The Bertz CT molecular complexity index is 1440. The third kappa shape index (κ3) is 8.35. The van der Waals surface area contributed by atoms with Gasteiger partial charge in [0.2, 0.25) is 11.8 Å². The number of aryl methyl sites for hydroxylation is 1. The average molecular weight is 612 g/mol. The largest absolute Gasteiger partial charge is 0.354 e. The number of unbranched alkanes of at least 4 members (excludes halogenated alkanes) is 1. The van der Waals surface area contributed by atoms with Gasteiger partial charge in [-0.2, -0.15) is 0 Å². The smallest absolute Gasteiger partial charge is 0.264 e. The molecule has 1 N–H and O–H groups in total. The quantitative estimate of drug-likeness (QED) is 0.206. The van der Waals surface area contributed by atoms with E-state index in [1.165, 1.54) is 4.90 Å². The van der Waals surface area contributed by atoms with E-state index >= 15 is 0 Å². The van der Waals surface area contributed by atoms with Crippen molar-refractivity contribution in [1.29, 1.82) is 0 Å². The minimum Gasteiger partial charge on any atom is -0.354 e. The number of halogens is 1. The van der Waals surface area contributed by atoms with Gasteiger partial charge in [-0.1, -0.05) is 93.7 Å². The van der Waals surface area contributed by atoms with E-state index in [-0.39, 0.29) is 23.3 Å². The number of hydrogen-bond acceptors (Lipinski definition) is 4. The summed E-state index contributed by atoms with van der Waals surface area (Å²) < 4.78 is 29.2. The van der Waals surface area contributed by atoms with Crippen LogP contribution in [0.1, 0.15) is 69.6 Å². The first kappa shape index (κ1) is 33.1. The topological polar surface area (TPSA) is 86.8 Å². The molecule has 3 rings (SSSR count). The fourth-order valence-corrected chi connectivity index (χ4v) is 6.24. The van der Waals surface area contributed by atoms with Crippen LogP contribution in [0.5, 0.6) is 0 Å². The van der Waals surface area contributed by atoms with Crippen LogP contribution >= 0.6 is 11.6 Å². The van der Waals surface area contributed by atoms with Gasteiger partial charge in [-0.05, 0) is 67.1 Å². The number of carbonyl (C=O) groups excluding carboxylic acids is 2. The molecule has 0 aliphatic carbocycles. The predicted molar refractivity (Wildman–Crippen MR) is 170 cm³/mol. The summed E-state index contributed by atoms with van der Waals surface area (Å²) in [6, 6.07) is 20.1. The Morgan fingerprint density at radius 2 is 1.57 bits per heavy atom. The number of nitrogens with one attached hydrogen (secondary N) is 1. The van der Waals surface area contributed by atoms with Crippen molar-refractivity contribution < 1.29 is 18.0 Å². The molecular weight excluding hydrogens is 570 g/mol. The van der Waals surface area contributed by atoms with Gasteiger partial charge in [-0.15, -0.1) is 0 Å². The van der Waals surface area contributed by atoms with Gasteiger partial charge in [0.15, 0.2) is 0 Å². The predicted octanol–water partition coefficient (Wildman–Crippen LogP) is 6.69. The first-order chi connectivity index (χ1) is 20.0. The third-order valence-corrected chi connectivity index (χ3v) is 9.41. The molecule has 0 aromatic heterocycles. The van der Waals surface area contributed by atoms with E-state index in [4.69, 9.17) is 11.6 Å². The first-order valence-electron chi connectivity index (χ1n) is 14.5. The molecule has 0 saturated carbocycles. The Balaban J connectivity index is 2.06. The lowest BCUT2D eigenvalue weighted by atomic mass is 10.0. The minimum absolute atomic E-state index is 0.0585. The standard InChI is InChI=1S/C33H42ClN3O4S/c1-6-8-21-35-33(39)31(7-2)36(22-27-11-9-10-12-30(27)34)32(38)23-37(28-17-15-26(16-18-28)24(3)4)42(40,41)29-19-13-25(5)14-20-29/h9-20,24,31H,6-8,21-23H2,1-5H3,(H,35,39)/t31-/m1/s1. The highest BCUT2D eigenvalue weighted by Gasteiger charge is 2.34. The highest BCUT2D eigenvalue weighted by Crippen LogP contribution is 2.27. The summed E-state index contributed by atoms with van der Waals surface area (Å²) in [7, 11) is -4.12. The molecule has 1 atom stereocenters. The fourth-order valence-electron chi connectivity index (χ4n) is 4.63. The number of anilines is 1. The number of hydrogen-bond donors (Lipinski definition) is 1. The highest BCUT2D eigenvalue weighted by atomic mass is 35.5. The second kappa shape index (κ2) is 15.2. The number of carbonyl (C=O) groups is 2. The van der Waals surface area contributed by atoms with Gasteiger partial charge in [0.1, 0.15) is 12.6 Å². The van der Waals surface area contributed by atoms with Crippen molar-refractivity contribution in [2.45, 2.75) is 77.3 Å². The summed E-state index contributed by atoms with van der Waals surface area (Å²) in [4.78, 5) is 29.0. The molecule has 3 aromatic carbocycles. The van der Waals surface area contributed by atoms with Crippen LogP contribution in [-0.2, 0) is 26.2 Å². The van der Waals surface area contributed by atoms with E-state index in [2.05, 4.69) is 19.2 Å². The Hall–Kier alpha value is -3.36. The van der Waals surface area contributed by atoms with Gasteiger partial charge < -0.3 is 10.2 Å². The molecule has 3 aromatic rings. The molecule has 0 aliphatic rings. The Morgan fingerprint density at radius 1 is 0.929 bits per heavy atom.